The average molecular weight is 409 g/mol. The number of nitrogens with zero attached hydrogens (tertiary/aromatic N) is 2. The van der Waals surface area contributed by atoms with Crippen LogP contribution in [0.25, 0.3) is 0 Å². The monoisotopic (exact) mass is 408 g/mol. The molecule has 1 unspecified atom stereocenters. The number of rotatable bonds is 4. The summed E-state index contributed by atoms with van der Waals surface area (Å²) in [6, 6.07) is 13.5. The number of nitrogens with one attached hydrogen (secondary N) is 2. The fourth-order valence-electron chi connectivity index (χ4n) is 3.77. The molecule has 1 aromatic carbocycles. The molecule has 0 radical (unpaired) electrons. The Morgan fingerprint density at radius 3 is 2.33 bits per heavy atom. The molecule has 1 saturated heterocycles. The van der Waals surface area contributed by atoms with Crippen LogP contribution in [-0.2, 0) is 4.79 Å². The quantitative estimate of drug-likeness (QED) is 0.808. The first-order valence-electron chi connectivity index (χ1n) is 10.6. The zero-order chi connectivity index (χ0) is 21.7. The summed E-state index contributed by atoms with van der Waals surface area (Å²) in [5, 5.41) is 6.21. The molecule has 1 atom stereocenters. The molecule has 3 rings (SSSR count). The Morgan fingerprint density at radius 2 is 1.73 bits per heavy atom. The van der Waals surface area contributed by atoms with Crippen molar-refractivity contribution in [2.75, 3.05) is 13.1 Å². The van der Waals surface area contributed by atoms with E-state index in [1.807, 2.05) is 70.2 Å². The number of carbonyl (C=O) groups is 2. The van der Waals surface area contributed by atoms with Gasteiger partial charge in [-0.05, 0) is 63.8 Å². The highest BCUT2D eigenvalue weighted by Gasteiger charge is 2.30. The van der Waals surface area contributed by atoms with Gasteiger partial charge in [-0.15, -0.1) is 0 Å². The number of benzene rings is 1. The summed E-state index contributed by atoms with van der Waals surface area (Å²) in [4.78, 5) is 31.8. The first-order valence-corrected chi connectivity index (χ1v) is 10.6. The first-order chi connectivity index (χ1) is 14.2. The van der Waals surface area contributed by atoms with E-state index < -0.39 is 0 Å². The number of hydrogen-bond acceptors (Lipinski definition) is 3. The van der Waals surface area contributed by atoms with Gasteiger partial charge in [0.25, 0.3) is 0 Å². The topological polar surface area (TPSA) is 74.3 Å². The van der Waals surface area contributed by atoms with Crippen molar-refractivity contribution in [3.05, 3.63) is 65.5 Å². The normalized spacial score (nSPS) is 16.1. The van der Waals surface area contributed by atoms with E-state index in [9.17, 15) is 9.59 Å². The van der Waals surface area contributed by atoms with Crippen molar-refractivity contribution in [1.82, 2.24) is 20.5 Å². The molecular weight excluding hydrogens is 376 g/mol. The molecule has 160 valence electrons. The number of piperidine rings is 1. The molecule has 1 fully saturated rings. The summed E-state index contributed by atoms with van der Waals surface area (Å²) in [5.74, 6) is -0.0938. The Bertz CT molecular complexity index is 868. The number of likely N-dealkylation sites (tertiary alicyclic amines) is 1. The summed E-state index contributed by atoms with van der Waals surface area (Å²) in [6.07, 6.45) is 3.07. The minimum Gasteiger partial charge on any atom is -0.343 e. The number of aryl methyl sites for hydroxylation is 1. The summed E-state index contributed by atoms with van der Waals surface area (Å²) in [7, 11) is 0. The molecule has 0 bridgehead atoms. The van der Waals surface area contributed by atoms with Crippen LogP contribution in [0.3, 0.4) is 0 Å². The fourth-order valence-corrected chi connectivity index (χ4v) is 3.77. The summed E-state index contributed by atoms with van der Waals surface area (Å²) < 4.78 is 0. The van der Waals surface area contributed by atoms with Gasteiger partial charge < -0.3 is 15.5 Å². The van der Waals surface area contributed by atoms with E-state index in [0.717, 1.165) is 16.8 Å². The Balaban J connectivity index is 1.67. The van der Waals surface area contributed by atoms with Crippen molar-refractivity contribution < 1.29 is 9.59 Å². The van der Waals surface area contributed by atoms with Crippen molar-refractivity contribution in [3.8, 4) is 0 Å². The molecule has 2 N–H and O–H groups in total. The van der Waals surface area contributed by atoms with Crippen LogP contribution < -0.4 is 10.6 Å². The molecule has 30 heavy (non-hydrogen) atoms. The van der Waals surface area contributed by atoms with Crippen molar-refractivity contribution in [1.29, 1.82) is 0 Å². The SMILES string of the molecule is Cc1ccccc1C(NC(=O)C1CCN(C(=O)NC(C)(C)C)CC1)c1ccccn1. The molecular formula is C24H32N4O2. The lowest BCUT2D eigenvalue weighted by molar-refractivity contribution is -0.126. The van der Waals surface area contributed by atoms with Gasteiger partial charge in [-0.25, -0.2) is 4.79 Å². The maximum atomic E-state index is 13.1. The van der Waals surface area contributed by atoms with E-state index in [1.165, 1.54) is 0 Å². The highest BCUT2D eigenvalue weighted by atomic mass is 16.2. The number of carbonyl (C=O) groups excluding carboxylic acids is 2. The van der Waals surface area contributed by atoms with Crippen molar-refractivity contribution in [2.24, 2.45) is 5.92 Å². The Kier molecular flexibility index (Phi) is 6.75. The van der Waals surface area contributed by atoms with Gasteiger partial charge in [-0.1, -0.05) is 30.3 Å². The molecule has 6 nitrogen and oxygen atoms in total. The lowest BCUT2D eigenvalue weighted by Gasteiger charge is -2.34. The second-order valence-electron chi connectivity index (χ2n) is 8.99. The minimum atomic E-state index is -0.290. The molecule has 2 aromatic rings. The van der Waals surface area contributed by atoms with Crippen LogP contribution in [0.4, 0.5) is 4.79 Å². The number of amides is 3. The Hall–Kier alpha value is -2.89. The van der Waals surface area contributed by atoms with Gasteiger partial charge in [0.05, 0.1) is 11.7 Å². The van der Waals surface area contributed by atoms with Crippen LogP contribution in [0, 0.1) is 12.8 Å². The predicted molar refractivity (Wildman–Crippen MR) is 118 cm³/mol. The predicted octanol–water partition coefficient (Wildman–Crippen LogP) is 3.82. The maximum Gasteiger partial charge on any atom is 0.317 e. The largest absolute Gasteiger partial charge is 0.343 e. The van der Waals surface area contributed by atoms with Crippen LogP contribution in [0.1, 0.15) is 56.5 Å². The second-order valence-corrected chi connectivity index (χ2v) is 8.99. The molecule has 1 aromatic heterocycles. The second kappa shape index (κ2) is 9.28. The van der Waals surface area contributed by atoms with Gasteiger partial charge in [-0.2, -0.15) is 0 Å². The van der Waals surface area contributed by atoms with Crippen molar-refractivity contribution in [3.63, 3.8) is 0 Å². The van der Waals surface area contributed by atoms with Crippen molar-refractivity contribution >= 4 is 11.9 Å². The van der Waals surface area contributed by atoms with E-state index >= 15 is 0 Å². The number of hydrogen-bond donors (Lipinski definition) is 2. The van der Waals surface area contributed by atoms with Gasteiger partial charge in [0.2, 0.25) is 5.91 Å². The zero-order valence-corrected chi connectivity index (χ0v) is 18.3. The Labute approximate surface area is 179 Å². The molecule has 1 aliphatic heterocycles. The number of urea groups is 1. The van der Waals surface area contributed by atoms with E-state index in [0.29, 0.717) is 25.9 Å². The number of aromatic nitrogens is 1. The van der Waals surface area contributed by atoms with E-state index in [1.54, 1.807) is 11.1 Å². The van der Waals surface area contributed by atoms with Crippen LogP contribution in [0.2, 0.25) is 0 Å². The van der Waals surface area contributed by atoms with Gasteiger partial charge in [0.1, 0.15) is 0 Å². The van der Waals surface area contributed by atoms with Gasteiger partial charge >= 0.3 is 6.03 Å². The lowest BCUT2D eigenvalue weighted by Crippen LogP contribution is -2.51. The van der Waals surface area contributed by atoms with E-state index in [2.05, 4.69) is 15.6 Å². The minimum absolute atomic E-state index is 0.0183. The smallest absolute Gasteiger partial charge is 0.317 e. The van der Waals surface area contributed by atoms with Crippen LogP contribution in [-0.4, -0.2) is 40.5 Å². The third-order valence-corrected chi connectivity index (χ3v) is 5.40. The highest BCUT2D eigenvalue weighted by Crippen LogP contribution is 2.25. The third kappa shape index (κ3) is 5.59. The molecule has 0 saturated carbocycles. The maximum absolute atomic E-state index is 13.1. The standard InChI is InChI=1S/C24H32N4O2/c1-17-9-5-6-10-19(17)21(20-11-7-8-14-25-20)26-22(29)18-12-15-28(16-13-18)23(30)27-24(2,3)4/h5-11,14,18,21H,12-13,15-16H2,1-4H3,(H,26,29)(H,27,30). The summed E-state index contributed by atoms with van der Waals surface area (Å²) in [6.45, 7) is 9.11. The molecule has 3 amide bonds. The summed E-state index contributed by atoms with van der Waals surface area (Å²) >= 11 is 0. The first kappa shape index (κ1) is 21.8. The fraction of sp³-hybridized carbons (Fsp3) is 0.458. The summed E-state index contributed by atoms with van der Waals surface area (Å²) in [5.41, 5.74) is 2.71. The molecule has 0 aliphatic carbocycles. The van der Waals surface area contributed by atoms with Gasteiger partial charge in [0.15, 0.2) is 0 Å². The van der Waals surface area contributed by atoms with E-state index in [-0.39, 0.29) is 29.4 Å². The third-order valence-electron chi connectivity index (χ3n) is 5.40. The Morgan fingerprint density at radius 1 is 1.07 bits per heavy atom. The van der Waals surface area contributed by atoms with Crippen LogP contribution in [0.5, 0.6) is 0 Å². The highest BCUT2D eigenvalue weighted by molar-refractivity contribution is 5.80. The molecule has 6 heteroatoms. The van der Waals surface area contributed by atoms with Crippen LogP contribution >= 0.6 is 0 Å². The van der Waals surface area contributed by atoms with Gasteiger partial charge in [0, 0.05) is 30.7 Å². The van der Waals surface area contributed by atoms with E-state index in [4.69, 9.17) is 0 Å². The molecule has 1 aliphatic rings. The lowest BCUT2D eigenvalue weighted by atomic mass is 9.93. The van der Waals surface area contributed by atoms with Crippen LogP contribution in [0.15, 0.2) is 48.7 Å². The van der Waals surface area contributed by atoms with Crippen molar-refractivity contribution in [2.45, 2.75) is 52.1 Å². The number of pyridine rings is 1. The average Bonchev–Trinajstić information content (AvgIpc) is 2.72. The van der Waals surface area contributed by atoms with Gasteiger partial charge in [-0.3, -0.25) is 9.78 Å². The molecule has 0 spiro atoms. The zero-order valence-electron chi connectivity index (χ0n) is 18.3. The molecule has 2 heterocycles.